The lowest BCUT2D eigenvalue weighted by molar-refractivity contribution is -0.870. The van der Waals surface area contributed by atoms with Crippen molar-refractivity contribution < 1.29 is 32.0 Å². The van der Waals surface area contributed by atoms with Crippen LogP contribution in [0.5, 0.6) is 5.75 Å². The second-order valence-corrected chi connectivity index (χ2v) is 8.60. The number of amides is 2. The maximum absolute atomic E-state index is 12.1. The second kappa shape index (κ2) is 11.7. The lowest BCUT2D eigenvalue weighted by Crippen LogP contribution is -2.38. The molecule has 3 rings (SSSR count). The van der Waals surface area contributed by atoms with Crippen LogP contribution in [-0.4, -0.2) is 68.9 Å². The number of carbonyl (C=O) groups is 2. The number of hydrogen-bond donors (Lipinski definition) is 0. The first-order valence-corrected chi connectivity index (χ1v) is 11.0. The van der Waals surface area contributed by atoms with E-state index in [0.29, 0.717) is 29.0 Å². The van der Waals surface area contributed by atoms with Gasteiger partial charge in [-0.25, -0.2) is 0 Å². The van der Waals surface area contributed by atoms with E-state index >= 15 is 0 Å². The van der Waals surface area contributed by atoms with Gasteiger partial charge in [0, 0.05) is 13.4 Å². The van der Waals surface area contributed by atoms with Crippen LogP contribution in [0.2, 0.25) is 5.02 Å². The zero-order valence-electron chi connectivity index (χ0n) is 19.4. The molecule has 0 spiro atoms. The molecule has 1 aliphatic heterocycles. The smallest absolute Gasteiger partial charge is 0.417 e. The summed E-state index contributed by atoms with van der Waals surface area (Å²) < 4.78 is 42.9. The van der Waals surface area contributed by atoms with Crippen molar-refractivity contribution in [2.24, 2.45) is 0 Å². The van der Waals surface area contributed by atoms with Crippen molar-refractivity contribution in [3.8, 4) is 5.75 Å². The summed E-state index contributed by atoms with van der Waals surface area (Å²) in [5.41, 5.74) is 0.586. The normalized spacial score (nSPS) is 13.0. The summed E-state index contributed by atoms with van der Waals surface area (Å²) >= 11 is 10.00. The lowest BCUT2D eigenvalue weighted by Gasteiger charge is -2.23. The van der Waals surface area contributed by atoms with E-state index in [1.54, 1.807) is 25.1 Å². The molecule has 0 fully saturated rings. The first-order chi connectivity index (χ1) is 15.2. The molecular formula is C23H28Cl2F3N2O3+. The Labute approximate surface area is 202 Å². The number of aryl methyl sites for hydroxylation is 1. The Balaban J connectivity index is 0.000000335. The Hall–Kier alpha value is -2.29. The van der Waals surface area contributed by atoms with Gasteiger partial charge < -0.3 is 9.22 Å². The van der Waals surface area contributed by atoms with E-state index in [4.69, 9.17) is 16.3 Å². The molecule has 0 saturated heterocycles. The van der Waals surface area contributed by atoms with E-state index in [2.05, 4.69) is 32.7 Å². The van der Waals surface area contributed by atoms with Crippen LogP contribution in [0.4, 0.5) is 13.2 Å². The summed E-state index contributed by atoms with van der Waals surface area (Å²) in [6.45, 7) is 2.92. The number of halogens is 5. The molecule has 0 N–H and O–H groups in total. The Kier molecular flexibility index (Phi) is 10.2. The third-order valence-corrected chi connectivity index (χ3v) is 4.86. The number of alkyl halides is 4. The van der Waals surface area contributed by atoms with Gasteiger partial charge in [0.15, 0.2) is 0 Å². The molecule has 33 heavy (non-hydrogen) atoms. The van der Waals surface area contributed by atoms with Gasteiger partial charge in [0.2, 0.25) is 0 Å². The molecule has 0 aliphatic carbocycles. The predicted molar refractivity (Wildman–Crippen MR) is 124 cm³/mol. The highest BCUT2D eigenvalue weighted by Gasteiger charge is 2.35. The Morgan fingerprint density at radius 3 is 2.15 bits per heavy atom. The summed E-state index contributed by atoms with van der Waals surface area (Å²) in [5, 5.41) is -0.256. The zero-order valence-corrected chi connectivity index (χ0v) is 20.9. The van der Waals surface area contributed by atoms with Gasteiger partial charge in [0.1, 0.15) is 18.9 Å². The minimum absolute atomic E-state index is 0.256. The average Bonchev–Trinajstić information content (AvgIpc) is 2.95. The highest BCUT2D eigenvalue weighted by atomic mass is 35.5. The van der Waals surface area contributed by atoms with Gasteiger partial charge in [-0.1, -0.05) is 29.3 Å². The molecule has 0 atom stereocenters. The van der Waals surface area contributed by atoms with Crippen molar-refractivity contribution in [3.05, 3.63) is 63.7 Å². The van der Waals surface area contributed by atoms with Crippen molar-refractivity contribution >= 4 is 35.0 Å². The zero-order chi connectivity index (χ0) is 25.6. The Bertz CT molecular complexity index is 990. The SMILES string of the molecule is CCl.CN1C(=O)c2cccc(OCC[N+](C)(C)C)c2C1=O.Cc1ccc(Cl)c(C(F)(F)F)c1. The highest BCUT2D eigenvalue weighted by Crippen LogP contribution is 2.35. The topological polar surface area (TPSA) is 46.6 Å². The molecule has 2 aromatic rings. The van der Waals surface area contributed by atoms with Gasteiger partial charge in [-0.3, -0.25) is 14.5 Å². The highest BCUT2D eigenvalue weighted by molar-refractivity contribution is 6.31. The number of nitrogens with zero attached hydrogens (tertiary/aromatic N) is 2. The minimum Gasteiger partial charge on any atom is -0.487 e. The lowest BCUT2D eigenvalue weighted by atomic mass is 10.1. The molecule has 0 radical (unpaired) electrons. The first kappa shape index (κ1) is 28.7. The quantitative estimate of drug-likeness (QED) is 0.311. The van der Waals surface area contributed by atoms with Gasteiger partial charge in [-0.15, -0.1) is 11.6 Å². The molecule has 2 amide bonds. The number of hydrogen-bond acceptors (Lipinski definition) is 3. The number of fused-ring (bicyclic) bond motifs is 1. The molecule has 5 nitrogen and oxygen atoms in total. The second-order valence-electron chi connectivity index (χ2n) is 8.19. The first-order valence-electron chi connectivity index (χ1n) is 9.82. The number of likely N-dealkylation sites (N-methyl/N-ethyl adjacent to an activating group) is 1. The fourth-order valence-corrected chi connectivity index (χ4v) is 3.00. The van der Waals surface area contributed by atoms with E-state index in [-0.39, 0.29) is 16.8 Å². The maximum Gasteiger partial charge on any atom is 0.417 e. The third kappa shape index (κ3) is 7.91. The number of rotatable bonds is 4. The molecule has 1 aliphatic rings. The maximum atomic E-state index is 12.1. The number of benzene rings is 2. The van der Waals surface area contributed by atoms with Crippen LogP contribution in [0.1, 0.15) is 31.8 Å². The number of quaternary nitrogens is 1. The van der Waals surface area contributed by atoms with Crippen LogP contribution in [0, 0.1) is 6.92 Å². The van der Waals surface area contributed by atoms with Crippen molar-refractivity contribution in [2.45, 2.75) is 13.1 Å². The van der Waals surface area contributed by atoms with Crippen LogP contribution in [0.25, 0.3) is 0 Å². The van der Waals surface area contributed by atoms with E-state index < -0.39 is 11.7 Å². The molecule has 0 aromatic heterocycles. The molecule has 0 bridgehead atoms. The summed E-state index contributed by atoms with van der Waals surface area (Å²) in [4.78, 5) is 25.0. The number of ether oxygens (including phenoxy) is 1. The van der Waals surface area contributed by atoms with E-state index in [9.17, 15) is 22.8 Å². The van der Waals surface area contributed by atoms with Crippen molar-refractivity contribution in [3.63, 3.8) is 0 Å². The van der Waals surface area contributed by atoms with E-state index in [1.165, 1.54) is 25.6 Å². The van der Waals surface area contributed by atoms with Crippen LogP contribution < -0.4 is 4.74 Å². The van der Waals surface area contributed by atoms with Gasteiger partial charge >= 0.3 is 6.18 Å². The van der Waals surface area contributed by atoms with Gasteiger partial charge in [0.25, 0.3) is 11.8 Å². The molecule has 0 unspecified atom stereocenters. The summed E-state index contributed by atoms with van der Waals surface area (Å²) in [6, 6.07) is 8.95. The fourth-order valence-electron chi connectivity index (χ4n) is 2.78. The van der Waals surface area contributed by atoms with Crippen molar-refractivity contribution in [1.29, 1.82) is 0 Å². The minimum atomic E-state index is -4.36. The molecule has 182 valence electrons. The molecule has 2 aromatic carbocycles. The van der Waals surface area contributed by atoms with Crippen molar-refractivity contribution in [2.75, 3.05) is 47.7 Å². The van der Waals surface area contributed by atoms with E-state index in [0.717, 1.165) is 22.0 Å². The van der Waals surface area contributed by atoms with Gasteiger partial charge in [-0.05, 0) is 31.2 Å². The summed E-state index contributed by atoms with van der Waals surface area (Å²) in [6.07, 6.45) is -2.89. The largest absolute Gasteiger partial charge is 0.487 e. The predicted octanol–water partition coefficient (Wildman–Crippen LogP) is 5.52. The molecule has 10 heteroatoms. The van der Waals surface area contributed by atoms with Crippen LogP contribution in [0.15, 0.2) is 36.4 Å². The number of imide groups is 1. The van der Waals surface area contributed by atoms with Crippen LogP contribution >= 0.6 is 23.2 Å². The number of carbonyl (C=O) groups excluding carboxylic acids is 2. The molecule has 1 heterocycles. The molecule has 0 saturated carbocycles. The standard InChI is InChI=1S/C14H19N2O3.C8H6ClF3.CH3Cl/c1-15-13(17)10-6-5-7-11(12(10)14(15)18)19-9-8-16(2,3)4;1-5-2-3-7(9)6(4-5)8(10,11)12;1-2/h5-7H,8-9H2,1-4H3;2-4H,1H3;1H3/q+1;;. The van der Waals surface area contributed by atoms with Crippen LogP contribution in [-0.2, 0) is 6.18 Å². The summed E-state index contributed by atoms with van der Waals surface area (Å²) in [5.74, 6) is -0.0634. The van der Waals surface area contributed by atoms with Gasteiger partial charge in [-0.2, -0.15) is 13.2 Å². The monoisotopic (exact) mass is 507 g/mol. The van der Waals surface area contributed by atoms with Crippen molar-refractivity contribution in [1.82, 2.24) is 4.90 Å². The fraction of sp³-hybridized carbons (Fsp3) is 0.391. The van der Waals surface area contributed by atoms with E-state index in [1.807, 2.05) is 0 Å². The Morgan fingerprint density at radius 2 is 1.64 bits per heavy atom. The average molecular weight is 508 g/mol. The summed E-state index contributed by atoms with van der Waals surface area (Å²) in [7, 11) is 7.70. The third-order valence-electron chi connectivity index (χ3n) is 4.53. The van der Waals surface area contributed by atoms with Crippen LogP contribution in [0.3, 0.4) is 0 Å². The Morgan fingerprint density at radius 1 is 1.03 bits per heavy atom. The van der Waals surface area contributed by atoms with Gasteiger partial charge in [0.05, 0.1) is 42.9 Å². The molecular weight excluding hydrogens is 480 g/mol.